The van der Waals surface area contributed by atoms with E-state index in [1.807, 2.05) is 0 Å². The van der Waals surface area contributed by atoms with Crippen LogP contribution in [-0.4, -0.2) is 20.3 Å². The molecule has 0 aromatic heterocycles. The van der Waals surface area contributed by atoms with Gasteiger partial charge in [-0.25, -0.2) is 8.78 Å². The summed E-state index contributed by atoms with van der Waals surface area (Å²) in [5.74, 6) is 0. The van der Waals surface area contributed by atoms with Crippen molar-refractivity contribution >= 4 is 11.4 Å². The molecule has 0 atom stereocenters. The van der Waals surface area contributed by atoms with Crippen LogP contribution in [0.5, 0.6) is 0 Å². The lowest BCUT2D eigenvalue weighted by Gasteiger charge is -2.12. The highest BCUT2D eigenvalue weighted by molar-refractivity contribution is 5.58. The summed E-state index contributed by atoms with van der Waals surface area (Å²) in [5, 5.41) is 2.99. The third-order valence-electron chi connectivity index (χ3n) is 2.40. The van der Waals surface area contributed by atoms with Crippen LogP contribution < -0.4 is 11.1 Å². The molecule has 0 saturated carbocycles. The van der Waals surface area contributed by atoms with E-state index < -0.39 is 6.43 Å². The molecule has 0 unspecified atom stereocenters. The Morgan fingerprint density at radius 1 is 1.35 bits per heavy atom. The lowest BCUT2D eigenvalue weighted by molar-refractivity contribution is 0.152. The van der Waals surface area contributed by atoms with Gasteiger partial charge in [0.2, 0.25) is 0 Å². The summed E-state index contributed by atoms with van der Waals surface area (Å²) in [4.78, 5) is 0. The van der Waals surface area contributed by atoms with E-state index in [-0.39, 0.29) is 5.56 Å². The number of benzene rings is 1. The van der Waals surface area contributed by atoms with E-state index in [2.05, 4.69) is 5.32 Å². The van der Waals surface area contributed by atoms with Crippen LogP contribution in [-0.2, 0) is 4.74 Å². The Morgan fingerprint density at radius 2 is 2.12 bits per heavy atom. The number of unbranched alkanes of at least 4 members (excludes halogenated alkanes) is 1. The first-order chi connectivity index (χ1) is 8.15. The molecule has 0 spiro atoms. The molecule has 0 heterocycles. The van der Waals surface area contributed by atoms with Gasteiger partial charge in [-0.3, -0.25) is 0 Å². The van der Waals surface area contributed by atoms with Crippen molar-refractivity contribution < 1.29 is 13.5 Å². The summed E-state index contributed by atoms with van der Waals surface area (Å²) in [6.45, 7) is 1.33. The predicted octanol–water partition coefficient (Wildman–Crippen LogP) is 3.04. The van der Waals surface area contributed by atoms with Gasteiger partial charge in [0.15, 0.2) is 0 Å². The Kier molecular flexibility index (Phi) is 5.69. The highest BCUT2D eigenvalue weighted by Crippen LogP contribution is 2.28. The maximum absolute atomic E-state index is 12.7. The molecule has 1 aromatic rings. The number of alkyl halides is 2. The van der Waals surface area contributed by atoms with Crippen LogP contribution in [0.15, 0.2) is 18.2 Å². The average Bonchev–Trinajstić information content (AvgIpc) is 2.30. The molecule has 0 bridgehead atoms. The Hall–Kier alpha value is -1.36. The Labute approximate surface area is 100.0 Å². The van der Waals surface area contributed by atoms with E-state index >= 15 is 0 Å². The maximum atomic E-state index is 12.7. The minimum Gasteiger partial charge on any atom is -0.399 e. The van der Waals surface area contributed by atoms with Gasteiger partial charge in [-0.1, -0.05) is 0 Å². The lowest BCUT2D eigenvalue weighted by Crippen LogP contribution is -2.06. The number of methoxy groups -OCH3 is 1. The number of nitrogen functional groups attached to an aromatic ring is 1. The minimum absolute atomic E-state index is 0.0447. The summed E-state index contributed by atoms with van der Waals surface area (Å²) < 4.78 is 30.4. The molecule has 5 heteroatoms. The number of anilines is 2. The zero-order valence-corrected chi connectivity index (χ0v) is 9.88. The molecule has 3 N–H and O–H groups in total. The molecular formula is C12H18F2N2O. The highest BCUT2D eigenvalue weighted by atomic mass is 19.3. The van der Waals surface area contributed by atoms with Crippen LogP contribution in [0.1, 0.15) is 24.8 Å². The molecule has 0 saturated heterocycles. The fourth-order valence-corrected chi connectivity index (χ4v) is 1.52. The first-order valence-corrected chi connectivity index (χ1v) is 5.55. The number of nitrogens with two attached hydrogens (primary N) is 1. The first kappa shape index (κ1) is 13.7. The number of hydrogen-bond donors (Lipinski definition) is 2. The molecule has 0 aliphatic carbocycles. The molecule has 96 valence electrons. The largest absolute Gasteiger partial charge is 0.399 e. The zero-order valence-electron chi connectivity index (χ0n) is 9.88. The van der Waals surface area contributed by atoms with E-state index in [4.69, 9.17) is 10.5 Å². The van der Waals surface area contributed by atoms with Crippen molar-refractivity contribution in [3.05, 3.63) is 23.8 Å². The van der Waals surface area contributed by atoms with Crippen LogP contribution in [0.3, 0.4) is 0 Å². The normalized spacial score (nSPS) is 10.8. The predicted molar refractivity (Wildman–Crippen MR) is 65.4 cm³/mol. The molecule has 0 aliphatic heterocycles. The van der Waals surface area contributed by atoms with Gasteiger partial charge < -0.3 is 15.8 Å². The second-order valence-electron chi connectivity index (χ2n) is 3.77. The first-order valence-electron chi connectivity index (χ1n) is 5.55. The highest BCUT2D eigenvalue weighted by Gasteiger charge is 2.12. The smallest absolute Gasteiger partial charge is 0.265 e. The monoisotopic (exact) mass is 244 g/mol. The van der Waals surface area contributed by atoms with Crippen LogP contribution in [0.4, 0.5) is 20.2 Å². The second kappa shape index (κ2) is 7.06. The molecule has 0 amide bonds. The van der Waals surface area contributed by atoms with Gasteiger partial charge in [-0.15, -0.1) is 0 Å². The molecular weight excluding hydrogens is 226 g/mol. The molecule has 1 aromatic carbocycles. The third-order valence-corrected chi connectivity index (χ3v) is 2.40. The summed E-state index contributed by atoms with van der Waals surface area (Å²) >= 11 is 0. The van der Waals surface area contributed by atoms with E-state index in [9.17, 15) is 8.78 Å². The van der Waals surface area contributed by atoms with Gasteiger partial charge in [-0.05, 0) is 31.0 Å². The summed E-state index contributed by atoms with van der Waals surface area (Å²) in [6.07, 6.45) is -0.733. The molecule has 0 aliphatic rings. The standard InChI is InChI=1S/C12H18F2N2O/c1-17-7-3-2-6-16-11-5-4-9(15)8-10(11)12(13)14/h4-5,8,12,16H,2-3,6-7,15H2,1H3. The van der Waals surface area contributed by atoms with Gasteiger partial charge in [0.1, 0.15) is 0 Å². The molecule has 1 rings (SSSR count). The van der Waals surface area contributed by atoms with Crippen LogP contribution >= 0.6 is 0 Å². The summed E-state index contributed by atoms with van der Waals surface area (Å²) in [6, 6.07) is 4.51. The quantitative estimate of drug-likeness (QED) is 0.572. The Bertz CT molecular complexity index is 345. The van der Waals surface area contributed by atoms with Crippen LogP contribution in [0.2, 0.25) is 0 Å². The van der Waals surface area contributed by atoms with Crippen molar-refractivity contribution in [1.82, 2.24) is 0 Å². The van der Waals surface area contributed by atoms with Gasteiger partial charge in [0.05, 0.1) is 0 Å². The van der Waals surface area contributed by atoms with Crippen LogP contribution in [0.25, 0.3) is 0 Å². The van der Waals surface area contributed by atoms with Crippen molar-refractivity contribution in [2.45, 2.75) is 19.3 Å². The molecule has 3 nitrogen and oxygen atoms in total. The van der Waals surface area contributed by atoms with Crippen molar-refractivity contribution in [2.75, 3.05) is 31.3 Å². The lowest BCUT2D eigenvalue weighted by atomic mass is 10.1. The Balaban J connectivity index is 2.52. The Morgan fingerprint density at radius 3 is 2.76 bits per heavy atom. The van der Waals surface area contributed by atoms with Crippen molar-refractivity contribution in [1.29, 1.82) is 0 Å². The van der Waals surface area contributed by atoms with Crippen LogP contribution in [0, 0.1) is 0 Å². The molecule has 0 radical (unpaired) electrons. The number of nitrogens with one attached hydrogen (secondary N) is 1. The van der Waals surface area contributed by atoms with E-state index in [1.165, 1.54) is 6.07 Å². The SMILES string of the molecule is COCCCCNc1ccc(N)cc1C(F)F. The van der Waals surface area contributed by atoms with Crippen molar-refractivity contribution in [3.8, 4) is 0 Å². The number of halogens is 2. The van der Waals surface area contributed by atoms with Crippen molar-refractivity contribution in [2.24, 2.45) is 0 Å². The number of ether oxygens (including phenoxy) is 1. The van der Waals surface area contributed by atoms with Gasteiger partial charge in [0, 0.05) is 37.2 Å². The minimum atomic E-state index is -2.51. The van der Waals surface area contributed by atoms with Gasteiger partial charge >= 0.3 is 0 Å². The van der Waals surface area contributed by atoms with Gasteiger partial charge in [0.25, 0.3) is 6.43 Å². The fourth-order valence-electron chi connectivity index (χ4n) is 1.52. The average molecular weight is 244 g/mol. The van der Waals surface area contributed by atoms with E-state index in [0.29, 0.717) is 24.5 Å². The van der Waals surface area contributed by atoms with E-state index in [1.54, 1.807) is 19.2 Å². The summed E-state index contributed by atoms with van der Waals surface area (Å²) in [7, 11) is 1.64. The second-order valence-corrected chi connectivity index (χ2v) is 3.77. The maximum Gasteiger partial charge on any atom is 0.265 e. The third kappa shape index (κ3) is 4.56. The van der Waals surface area contributed by atoms with E-state index in [0.717, 1.165) is 12.8 Å². The van der Waals surface area contributed by atoms with Gasteiger partial charge in [-0.2, -0.15) is 0 Å². The zero-order chi connectivity index (χ0) is 12.7. The summed E-state index contributed by atoms with van der Waals surface area (Å²) in [5.41, 5.74) is 6.24. The molecule has 0 fully saturated rings. The van der Waals surface area contributed by atoms with Crippen molar-refractivity contribution in [3.63, 3.8) is 0 Å². The fraction of sp³-hybridized carbons (Fsp3) is 0.500. The topological polar surface area (TPSA) is 47.3 Å². The molecule has 17 heavy (non-hydrogen) atoms. The number of rotatable bonds is 7. The number of hydrogen-bond acceptors (Lipinski definition) is 3.